The van der Waals surface area contributed by atoms with Crippen LogP contribution in [-0.2, 0) is 0 Å². The van der Waals surface area contributed by atoms with E-state index in [-0.39, 0.29) is 11.3 Å². The van der Waals surface area contributed by atoms with Crippen molar-refractivity contribution in [2.45, 2.75) is 19.8 Å². The van der Waals surface area contributed by atoms with E-state index < -0.39 is 10.8 Å². The number of aryl methyl sites for hydroxylation is 1. The molecule has 1 saturated heterocycles. The summed E-state index contributed by atoms with van der Waals surface area (Å²) in [6, 6.07) is 8.22. The van der Waals surface area contributed by atoms with Crippen LogP contribution in [-0.4, -0.2) is 28.9 Å². The number of nitrogens with one attached hydrogen (secondary N) is 1. The molecule has 0 unspecified atom stereocenters. The number of aromatic nitrogens is 1. The average Bonchev–Trinajstić information content (AvgIpc) is 3.10. The van der Waals surface area contributed by atoms with Gasteiger partial charge in [-0.25, -0.2) is 4.98 Å². The molecule has 1 fully saturated rings. The van der Waals surface area contributed by atoms with E-state index in [0.29, 0.717) is 11.5 Å². The van der Waals surface area contributed by atoms with E-state index in [2.05, 4.69) is 10.3 Å². The van der Waals surface area contributed by atoms with Gasteiger partial charge in [-0.3, -0.25) is 14.9 Å². The third-order valence-corrected chi connectivity index (χ3v) is 4.12. The first-order valence-corrected chi connectivity index (χ1v) is 7.82. The van der Waals surface area contributed by atoms with Crippen molar-refractivity contribution < 1.29 is 9.72 Å². The molecule has 0 bridgehead atoms. The van der Waals surface area contributed by atoms with Crippen LogP contribution in [0.25, 0.3) is 0 Å². The summed E-state index contributed by atoms with van der Waals surface area (Å²) >= 11 is 0. The maximum Gasteiger partial charge on any atom is 0.293 e. The highest BCUT2D eigenvalue weighted by Gasteiger charge is 2.24. The molecule has 1 amide bonds. The van der Waals surface area contributed by atoms with E-state index >= 15 is 0 Å². The molecule has 2 aromatic rings. The molecule has 3 rings (SSSR count). The topological polar surface area (TPSA) is 88.4 Å². The number of nitro groups is 1. The maximum atomic E-state index is 12.4. The fourth-order valence-corrected chi connectivity index (χ4v) is 2.83. The second kappa shape index (κ2) is 6.66. The van der Waals surface area contributed by atoms with Crippen molar-refractivity contribution in [3.05, 3.63) is 57.8 Å². The van der Waals surface area contributed by atoms with Crippen LogP contribution in [0, 0.1) is 17.0 Å². The lowest BCUT2D eigenvalue weighted by Crippen LogP contribution is -2.20. The number of nitrogens with zero attached hydrogens (tertiary/aromatic N) is 3. The summed E-state index contributed by atoms with van der Waals surface area (Å²) in [5.41, 5.74) is 1.61. The molecule has 24 heavy (non-hydrogen) atoms. The molecular weight excluding hydrogens is 308 g/mol. The molecule has 2 heterocycles. The number of hydrogen-bond acceptors (Lipinski definition) is 5. The second-order valence-electron chi connectivity index (χ2n) is 5.78. The van der Waals surface area contributed by atoms with Gasteiger partial charge in [0.2, 0.25) is 0 Å². The molecule has 7 heteroatoms. The van der Waals surface area contributed by atoms with Crippen LogP contribution >= 0.6 is 0 Å². The van der Waals surface area contributed by atoms with Gasteiger partial charge in [0.1, 0.15) is 11.5 Å². The zero-order valence-corrected chi connectivity index (χ0v) is 13.4. The monoisotopic (exact) mass is 326 g/mol. The zero-order valence-electron chi connectivity index (χ0n) is 13.4. The summed E-state index contributed by atoms with van der Waals surface area (Å²) in [6.07, 6.45) is 3.64. The van der Waals surface area contributed by atoms with E-state index in [4.69, 9.17) is 0 Å². The summed E-state index contributed by atoms with van der Waals surface area (Å²) in [5.74, 6) is 0.0432. The number of carbonyl (C=O) groups is 1. The van der Waals surface area contributed by atoms with Crippen molar-refractivity contribution >= 4 is 23.1 Å². The molecule has 1 aromatic heterocycles. The standard InChI is InChI=1S/C17H18N4O3/c1-12-5-4-8-18-16(12)19-17(22)13-6-7-14(15(11-13)21(23)24)20-9-2-3-10-20/h4-8,11H,2-3,9-10H2,1H3,(H,18,19,22). The summed E-state index contributed by atoms with van der Waals surface area (Å²) in [4.78, 5) is 29.4. The lowest BCUT2D eigenvalue weighted by Gasteiger charge is -2.17. The minimum absolute atomic E-state index is 0.0395. The first kappa shape index (κ1) is 15.9. The normalized spacial score (nSPS) is 13.8. The van der Waals surface area contributed by atoms with E-state index in [1.807, 2.05) is 17.9 Å². The summed E-state index contributed by atoms with van der Waals surface area (Å²) in [6.45, 7) is 3.45. The fraction of sp³-hybridized carbons (Fsp3) is 0.294. The minimum Gasteiger partial charge on any atom is -0.366 e. The fourth-order valence-electron chi connectivity index (χ4n) is 2.83. The van der Waals surface area contributed by atoms with Gasteiger partial charge in [-0.1, -0.05) is 6.07 Å². The molecule has 1 N–H and O–H groups in total. The Balaban J connectivity index is 1.88. The Morgan fingerprint density at radius 1 is 1.29 bits per heavy atom. The van der Waals surface area contributed by atoms with Gasteiger partial charge in [0.15, 0.2) is 0 Å². The quantitative estimate of drug-likeness (QED) is 0.689. The van der Waals surface area contributed by atoms with Gasteiger partial charge in [-0.15, -0.1) is 0 Å². The Morgan fingerprint density at radius 3 is 2.71 bits per heavy atom. The van der Waals surface area contributed by atoms with Gasteiger partial charge in [0, 0.05) is 30.9 Å². The molecule has 0 atom stereocenters. The first-order chi connectivity index (χ1) is 11.6. The molecule has 0 radical (unpaired) electrons. The highest BCUT2D eigenvalue weighted by molar-refractivity contribution is 6.05. The molecule has 1 aromatic carbocycles. The van der Waals surface area contributed by atoms with Gasteiger partial charge in [-0.2, -0.15) is 0 Å². The Labute approximate surface area is 139 Å². The van der Waals surface area contributed by atoms with E-state index in [0.717, 1.165) is 31.5 Å². The van der Waals surface area contributed by atoms with Crippen LogP contribution in [0.3, 0.4) is 0 Å². The van der Waals surface area contributed by atoms with Crippen LogP contribution < -0.4 is 10.2 Å². The van der Waals surface area contributed by atoms with E-state index in [9.17, 15) is 14.9 Å². The van der Waals surface area contributed by atoms with Crippen LogP contribution in [0.2, 0.25) is 0 Å². The molecular formula is C17H18N4O3. The van der Waals surface area contributed by atoms with Crippen LogP contribution in [0.4, 0.5) is 17.2 Å². The summed E-state index contributed by atoms with van der Waals surface area (Å²) in [5, 5.41) is 14.1. The minimum atomic E-state index is -0.434. The van der Waals surface area contributed by atoms with Gasteiger partial charge in [0.25, 0.3) is 11.6 Å². The average molecular weight is 326 g/mol. The smallest absolute Gasteiger partial charge is 0.293 e. The Kier molecular flexibility index (Phi) is 4.41. The number of carbonyl (C=O) groups excluding carboxylic acids is 1. The Hall–Kier alpha value is -2.96. The number of anilines is 2. The van der Waals surface area contributed by atoms with Crippen molar-refractivity contribution in [1.29, 1.82) is 0 Å². The molecule has 0 spiro atoms. The molecule has 1 aliphatic heterocycles. The van der Waals surface area contributed by atoms with Crippen molar-refractivity contribution in [3.63, 3.8) is 0 Å². The first-order valence-electron chi connectivity index (χ1n) is 7.82. The van der Waals surface area contributed by atoms with Gasteiger partial charge in [-0.05, 0) is 43.5 Å². The third kappa shape index (κ3) is 3.19. The number of hydrogen-bond donors (Lipinski definition) is 1. The van der Waals surface area contributed by atoms with Crippen molar-refractivity contribution in [2.75, 3.05) is 23.3 Å². The number of amides is 1. The molecule has 124 valence electrons. The summed E-state index contributed by atoms with van der Waals surface area (Å²) in [7, 11) is 0. The maximum absolute atomic E-state index is 12.4. The van der Waals surface area contributed by atoms with Gasteiger partial charge in [0.05, 0.1) is 4.92 Å². The van der Waals surface area contributed by atoms with Crippen LogP contribution in [0.5, 0.6) is 0 Å². The molecule has 1 aliphatic rings. The SMILES string of the molecule is Cc1cccnc1NC(=O)c1ccc(N2CCCC2)c([N+](=O)[O-])c1. The second-order valence-corrected chi connectivity index (χ2v) is 5.78. The summed E-state index contributed by atoms with van der Waals surface area (Å²) < 4.78 is 0. The highest BCUT2D eigenvalue weighted by atomic mass is 16.6. The zero-order chi connectivity index (χ0) is 17.1. The van der Waals surface area contributed by atoms with E-state index in [1.54, 1.807) is 24.4 Å². The highest BCUT2D eigenvalue weighted by Crippen LogP contribution is 2.31. The molecule has 7 nitrogen and oxygen atoms in total. The number of benzene rings is 1. The van der Waals surface area contributed by atoms with Crippen molar-refractivity contribution in [2.24, 2.45) is 0 Å². The molecule has 0 aliphatic carbocycles. The lowest BCUT2D eigenvalue weighted by molar-refractivity contribution is -0.384. The lowest BCUT2D eigenvalue weighted by atomic mass is 10.1. The van der Waals surface area contributed by atoms with Crippen LogP contribution in [0.1, 0.15) is 28.8 Å². The van der Waals surface area contributed by atoms with Crippen LogP contribution in [0.15, 0.2) is 36.5 Å². The van der Waals surface area contributed by atoms with Crippen molar-refractivity contribution in [1.82, 2.24) is 4.98 Å². The Bertz CT molecular complexity index is 785. The number of pyridine rings is 1. The predicted molar refractivity (Wildman–Crippen MR) is 91.5 cm³/mol. The number of nitro benzene ring substituents is 1. The van der Waals surface area contributed by atoms with E-state index in [1.165, 1.54) is 6.07 Å². The van der Waals surface area contributed by atoms with Crippen molar-refractivity contribution in [3.8, 4) is 0 Å². The number of rotatable bonds is 4. The third-order valence-electron chi connectivity index (χ3n) is 4.12. The Morgan fingerprint density at radius 2 is 2.04 bits per heavy atom. The largest absolute Gasteiger partial charge is 0.366 e. The predicted octanol–water partition coefficient (Wildman–Crippen LogP) is 3.15. The van der Waals surface area contributed by atoms with Gasteiger partial charge >= 0.3 is 0 Å². The van der Waals surface area contributed by atoms with Gasteiger partial charge < -0.3 is 10.2 Å². The molecule has 0 saturated carbocycles.